The standard InChI is InChI=1S/C14H9ClN4/c1-19-11-5-3-2-4-9(11)13(12(19)8-16)10-6-7-17-14(15)18-10/h2-7H,1H3. The van der Waals surface area contributed by atoms with Gasteiger partial charge in [-0.15, -0.1) is 0 Å². The molecule has 19 heavy (non-hydrogen) atoms. The predicted molar refractivity (Wildman–Crippen MR) is 73.7 cm³/mol. The molecule has 0 aliphatic carbocycles. The van der Waals surface area contributed by atoms with Crippen molar-refractivity contribution in [3.05, 3.63) is 47.5 Å². The van der Waals surface area contributed by atoms with Crippen LogP contribution in [0.4, 0.5) is 0 Å². The van der Waals surface area contributed by atoms with Crippen LogP contribution in [-0.2, 0) is 7.05 Å². The molecule has 0 aliphatic rings. The van der Waals surface area contributed by atoms with Gasteiger partial charge in [-0.2, -0.15) is 5.26 Å². The van der Waals surface area contributed by atoms with Gasteiger partial charge in [-0.3, -0.25) is 0 Å². The molecule has 0 bridgehead atoms. The van der Waals surface area contributed by atoms with Gasteiger partial charge in [-0.1, -0.05) is 18.2 Å². The van der Waals surface area contributed by atoms with E-state index in [4.69, 9.17) is 11.6 Å². The Morgan fingerprint density at radius 1 is 1.26 bits per heavy atom. The van der Waals surface area contributed by atoms with Crippen molar-refractivity contribution in [2.45, 2.75) is 0 Å². The zero-order valence-corrected chi connectivity index (χ0v) is 10.9. The van der Waals surface area contributed by atoms with Crippen molar-refractivity contribution in [2.75, 3.05) is 0 Å². The average molecular weight is 269 g/mol. The number of nitriles is 1. The van der Waals surface area contributed by atoms with E-state index in [1.165, 1.54) is 0 Å². The van der Waals surface area contributed by atoms with E-state index in [2.05, 4.69) is 16.0 Å². The molecule has 5 heteroatoms. The van der Waals surface area contributed by atoms with Crippen molar-refractivity contribution in [1.82, 2.24) is 14.5 Å². The van der Waals surface area contributed by atoms with Crippen LogP contribution in [0.2, 0.25) is 5.28 Å². The molecular weight excluding hydrogens is 260 g/mol. The topological polar surface area (TPSA) is 54.5 Å². The Labute approximate surface area is 114 Å². The molecule has 92 valence electrons. The first-order valence-corrected chi connectivity index (χ1v) is 6.06. The van der Waals surface area contributed by atoms with Crippen LogP contribution in [0.3, 0.4) is 0 Å². The monoisotopic (exact) mass is 268 g/mol. The highest BCUT2D eigenvalue weighted by molar-refractivity contribution is 6.28. The third-order valence-electron chi connectivity index (χ3n) is 3.10. The van der Waals surface area contributed by atoms with Gasteiger partial charge in [-0.25, -0.2) is 9.97 Å². The fourth-order valence-corrected chi connectivity index (χ4v) is 2.40. The number of aryl methyl sites for hydroxylation is 1. The summed E-state index contributed by atoms with van der Waals surface area (Å²) in [6.45, 7) is 0. The molecule has 2 heterocycles. The molecule has 0 amide bonds. The third-order valence-corrected chi connectivity index (χ3v) is 3.28. The first-order chi connectivity index (χ1) is 9.22. The van der Waals surface area contributed by atoms with E-state index in [-0.39, 0.29) is 5.28 Å². The summed E-state index contributed by atoms with van der Waals surface area (Å²) < 4.78 is 1.86. The smallest absolute Gasteiger partial charge is 0.222 e. The zero-order valence-electron chi connectivity index (χ0n) is 10.1. The minimum absolute atomic E-state index is 0.175. The number of fused-ring (bicyclic) bond motifs is 1. The number of aromatic nitrogens is 3. The number of halogens is 1. The summed E-state index contributed by atoms with van der Waals surface area (Å²) >= 11 is 5.84. The van der Waals surface area contributed by atoms with E-state index in [0.29, 0.717) is 11.4 Å². The Hall–Kier alpha value is -2.38. The van der Waals surface area contributed by atoms with E-state index in [0.717, 1.165) is 16.5 Å². The number of para-hydroxylation sites is 1. The van der Waals surface area contributed by atoms with Crippen molar-refractivity contribution in [3.8, 4) is 17.3 Å². The van der Waals surface area contributed by atoms with Crippen LogP contribution in [0.1, 0.15) is 5.69 Å². The fraction of sp³-hybridized carbons (Fsp3) is 0.0714. The fourth-order valence-electron chi connectivity index (χ4n) is 2.26. The molecule has 0 aliphatic heterocycles. The van der Waals surface area contributed by atoms with Gasteiger partial charge in [0.15, 0.2) is 0 Å². The van der Waals surface area contributed by atoms with Gasteiger partial charge in [0.05, 0.1) is 5.69 Å². The van der Waals surface area contributed by atoms with Gasteiger partial charge in [0, 0.05) is 29.7 Å². The first kappa shape index (κ1) is 11.7. The maximum absolute atomic E-state index is 9.38. The minimum atomic E-state index is 0.175. The molecule has 4 nitrogen and oxygen atoms in total. The quantitative estimate of drug-likeness (QED) is 0.637. The molecule has 0 radical (unpaired) electrons. The van der Waals surface area contributed by atoms with Crippen molar-refractivity contribution >= 4 is 22.5 Å². The molecule has 2 aromatic heterocycles. The number of rotatable bonds is 1. The van der Waals surface area contributed by atoms with E-state index >= 15 is 0 Å². The summed E-state index contributed by atoms with van der Waals surface area (Å²) in [5.41, 5.74) is 3.01. The molecule has 0 fully saturated rings. The van der Waals surface area contributed by atoms with Crippen molar-refractivity contribution in [1.29, 1.82) is 5.26 Å². The SMILES string of the molecule is Cn1c(C#N)c(-c2ccnc(Cl)n2)c2ccccc21. The van der Waals surface area contributed by atoms with Gasteiger partial charge in [0.1, 0.15) is 11.8 Å². The maximum Gasteiger partial charge on any atom is 0.222 e. The molecular formula is C14H9ClN4. The van der Waals surface area contributed by atoms with Gasteiger partial charge >= 0.3 is 0 Å². The summed E-state index contributed by atoms with van der Waals surface area (Å²) in [4.78, 5) is 8.08. The summed E-state index contributed by atoms with van der Waals surface area (Å²) in [6.07, 6.45) is 1.59. The lowest BCUT2D eigenvalue weighted by molar-refractivity contribution is 0.947. The van der Waals surface area contributed by atoms with Gasteiger partial charge in [-0.05, 0) is 23.7 Å². The predicted octanol–water partition coefficient (Wildman–Crippen LogP) is 3.16. The lowest BCUT2D eigenvalue weighted by Crippen LogP contribution is -1.93. The van der Waals surface area contributed by atoms with Crippen LogP contribution >= 0.6 is 11.6 Å². The number of hydrogen-bond acceptors (Lipinski definition) is 3. The molecule has 0 unspecified atom stereocenters. The van der Waals surface area contributed by atoms with Crippen LogP contribution in [0.5, 0.6) is 0 Å². The average Bonchev–Trinajstić information content (AvgIpc) is 2.72. The maximum atomic E-state index is 9.38. The van der Waals surface area contributed by atoms with Crippen LogP contribution in [0, 0.1) is 11.3 Å². The van der Waals surface area contributed by atoms with E-state index in [1.807, 2.05) is 35.9 Å². The molecule has 0 saturated carbocycles. The Morgan fingerprint density at radius 3 is 2.79 bits per heavy atom. The van der Waals surface area contributed by atoms with Crippen molar-refractivity contribution in [2.24, 2.45) is 7.05 Å². The number of hydrogen-bond donors (Lipinski definition) is 0. The Balaban J connectivity index is 2.44. The Kier molecular flexibility index (Phi) is 2.69. The van der Waals surface area contributed by atoms with E-state index in [9.17, 15) is 5.26 Å². The van der Waals surface area contributed by atoms with Gasteiger partial charge in [0.2, 0.25) is 5.28 Å². The largest absolute Gasteiger partial charge is 0.335 e. The van der Waals surface area contributed by atoms with E-state index < -0.39 is 0 Å². The molecule has 0 atom stereocenters. The normalized spacial score (nSPS) is 10.6. The van der Waals surface area contributed by atoms with Crippen molar-refractivity contribution < 1.29 is 0 Å². The molecule has 3 rings (SSSR count). The number of benzene rings is 1. The Morgan fingerprint density at radius 2 is 2.05 bits per heavy atom. The second-order valence-electron chi connectivity index (χ2n) is 4.12. The van der Waals surface area contributed by atoms with Crippen LogP contribution in [0.15, 0.2) is 36.5 Å². The van der Waals surface area contributed by atoms with Gasteiger partial charge in [0.25, 0.3) is 0 Å². The zero-order chi connectivity index (χ0) is 13.4. The molecule has 1 aromatic carbocycles. The van der Waals surface area contributed by atoms with Crippen LogP contribution in [-0.4, -0.2) is 14.5 Å². The first-order valence-electron chi connectivity index (χ1n) is 5.69. The highest BCUT2D eigenvalue weighted by atomic mass is 35.5. The second-order valence-corrected chi connectivity index (χ2v) is 4.46. The molecule has 0 N–H and O–H groups in total. The summed E-state index contributed by atoms with van der Waals surface area (Å²) in [7, 11) is 1.87. The van der Waals surface area contributed by atoms with E-state index in [1.54, 1.807) is 12.3 Å². The summed E-state index contributed by atoms with van der Waals surface area (Å²) in [6, 6.07) is 11.8. The summed E-state index contributed by atoms with van der Waals surface area (Å²) in [5, 5.41) is 10.5. The van der Waals surface area contributed by atoms with Crippen LogP contribution in [0.25, 0.3) is 22.2 Å². The summed E-state index contributed by atoms with van der Waals surface area (Å²) in [5.74, 6) is 0. The molecule has 0 spiro atoms. The lowest BCUT2D eigenvalue weighted by Gasteiger charge is -2.00. The highest BCUT2D eigenvalue weighted by Crippen LogP contribution is 2.32. The van der Waals surface area contributed by atoms with Crippen molar-refractivity contribution in [3.63, 3.8) is 0 Å². The van der Waals surface area contributed by atoms with Gasteiger partial charge < -0.3 is 4.57 Å². The Bertz CT molecular complexity index is 814. The number of nitrogens with zero attached hydrogens (tertiary/aromatic N) is 4. The molecule has 0 saturated heterocycles. The highest BCUT2D eigenvalue weighted by Gasteiger charge is 2.17. The second kappa shape index (κ2) is 4.38. The van der Waals surface area contributed by atoms with Crippen LogP contribution < -0.4 is 0 Å². The molecule has 3 aromatic rings. The third kappa shape index (κ3) is 1.76. The minimum Gasteiger partial charge on any atom is -0.335 e. The lowest BCUT2D eigenvalue weighted by atomic mass is 10.1.